The van der Waals surface area contributed by atoms with E-state index in [0.29, 0.717) is 24.8 Å². The van der Waals surface area contributed by atoms with Gasteiger partial charge in [-0.25, -0.2) is 0 Å². The molecule has 154 valence electrons. The molecule has 0 aliphatic carbocycles. The number of benzene rings is 1. The van der Waals surface area contributed by atoms with Crippen LogP contribution in [0.4, 0.5) is 0 Å². The Kier molecular flexibility index (Phi) is 9.66. The molecule has 0 spiro atoms. The van der Waals surface area contributed by atoms with Gasteiger partial charge in [-0.3, -0.25) is 19.2 Å². The summed E-state index contributed by atoms with van der Waals surface area (Å²) in [5, 5.41) is 17.4. The smallest absolute Gasteiger partial charge is 0.251 e. The average molecular weight is 392 g/mol. The van der Waals surface area contributed by atoms with Crippen LogP contribution in [0.3, 0.4) is 0 Å². The zero-order valence-electron chi connectivity index (χ0n) is 16.3. The van der Waals surface area contributed by atoms with Gasteiger partial charge in [-0.2, -0.15) is 0 Å². The van der Waals surface area contributed by atoms with Crippen LogP contribution < -0.4 is 16.0 Å². The predicted molar refractivity (Wildman–Crippen MR) is 103 cm³/mol. The number of hydrogen-bond acceptors (Lipinski definition) is 5. The summed E-state index contributed by atoms with van der Waals surface area (Å²) in [7, 11) is 3.16. The third-order valence-electron chi connectivity index (χ3n) is 4.08. The number of nitrogens with one attached hydrogen (secondary N) is 3. The summed E-state index contributed by atoms with van der Waals surface area (Å²) >= 11 is 0. The molecule has 9 nitrogen and oxygen atoms in total. The van der Waals surface area contributed by atoms with E-state index in [1.165, 1.54) is 4.90 Å². The molecule has 1 aromatic rings. The number of hydrogen-bond donors (Lipinski definition) is 4. The lowest BCUT2D eigenvalue weighted by atomic mass is 10.1. The van der Waals surface area contributed by atoms with E-state index in [1.807, 2.05) is 6.92 Å². The van der Waals surface area contributed by atoms with Crippen molar-refractivity contribution in [3.63, 3.8) is 0 Å². The van der Waals surface area contributed by atoms with Gasteiger partial charge in [0.05, 0.1) is 12.6 Å². The van der Waals surface area contributed by atoms with Crippen molar-refractivity contribution in [2.75, 3.05) is 20.6 Å². The Morgan fingerprint density at radius 1 is 1.18 bits per heavy atom. The fourth-order valence-corrected chi connectivity index (χ4v) is 2.59. The maximum absolute atomic E-state index is 12.4. The SMILES string of the molecule is CCCC(NC=O)C(O)C(=O)NCC(=O)NC(C(=O)N(C)C)c1ccccc1. The van der Waals surface area contributed by atoms with Crippen LogP contribution in [-0.4, -0.2) is 66.9 Å². The zero-order valence-corrected chi connectivity index (χ0v) is 16.3. The Balaban J connectivity index is 2.71. The summed E-state index contributed by atoms with van der Waals surface area (Å²) < 4.78 is 0. The first kappa shape index (κ1) is 23.1. The first-order valence-electron chi connectivity index (χ1n) is 9.02. The van der Waals surface area contributed by atoms with Crippen molar-refractivity contribution in [2.45, 2.75) is 38.0 Å². The molecule has 0 fully saturated rings. The van der Waals surface area contributed by atoms with Crippen molar-refractivity contribution < 1.29 is 24.3 Å². The summed E-state index contributed by atoms with van der Waals surface area (Å²) in [6.07, 6.45) is 0.00138. The van der Waals surface area contributed by atoms with Gasteiger partial charge >= 0.3 is 0 Å². The fraction of sp³-hybridized carbons (Fsp3) is 0.474. The minimum Gasteiger partial charge on any atom is -0.381 e. The molecule has 0 bridgehead atoms. The van der Waals surface area contributed by atoms with Crippen LogP contribution in [0.15, 0.2) is 30.3 Å². The van der Waals surface area contributed by atoms with Gasteiger partial charge in [-0.05, 0) is 12.0 Å². The summed E-state index contributed by atoms with van der Waals surface area (Å²) in [5.74, 6) is -1.68. The highest BCUT2D eigenvalue weighted by molar-refractivity contribution is 5.91. The van der Waals surface area contributed by atoms with Crippen molar-refractivity contribution in [1.29, 1.82) is 0 Å². The van der Waals surface area contributed by atoms with E-state index >= 15 is 0 Å². The number of rotatable bonds is 11. The highest BCUT2D eigenvalue weighted by atomic mass is 16.3. The Labute approximate surface area is 164 Å². The van der Waals surface area contributed by atoms with Gasteiger partial charge in [-0.1, -0.05) is 43.7 Å². The molecular formula is C19H28N4O5. The maximum Gasteiger partial charge on any atom is 0.251 e. The molecule has 28 heavy (non-hydrogen) atoms. The molecule has 3 atom stereocenters. The second-order valence-electron chi connectivity index (χ2n) is 6.49. The van der Waals surface area contributed by atoms with E-state index < -0.39 is 36.5 Å². The zero-order chi connectivity index (χ0) is 21.1. The lowest BCUT2D eigenvalue weighted by Crippen LogP contribution is -2.51. The van der Waals surface area contributed by atoms with Gasteiger partial charge in [0.1, 0.15) is 6.04 Å². The van der Waals surface area contributed by atoms with Gasteiger partial charge in [0.25, 0.3) is 5.91 Å². The monoisotopic (exact) mass is 392 g/mol. The number of likely N-dealkylation sites (N-methyl/N-ethyl adjacent to an activating group) is 1. The molecule has 0 radical (unpaired) electrons. The summed E-state index contributed by atoms with van der Waals surface area (Å²) in [6.45, 7) is 1.43. The van der Waals surface area contributed by atoms with Gasteiger partial charge in [0.2, 0.25) is 18.2 Å². The van der Waals surface area contributed by atoms with Gasteiger partial charge in [0, 0.05) is 14.1 Å². The number of nitrogens with zero attached hydrogens (tertiary/aromatic N) is 1. The summed E-state index contributed by atoms with van der Waals surface area (Å²) in [5.41, 5.74) is 0.610. The first-order chi connectivity index (χ1) is 13.3. The molecule has 1 rings (SSSR count). The topological polar surface area (TPSA) is 128 Å². The van der Waals surface area contributed by atoms with Gasteiger partial charge in [0.15, 0.2) is 6.10 Å². The highest BCUT2D eigenvalue weighted by Gasteiger charge is 2.27. The molecule has 9 heteroatoms. The van der Waals surface area contributed by atoms with E-state index in [2.05, 4.69) is 16.0 Å². The van der Waals surface area contributed by atoms with E-state index in [1.54, 1.807) is 44.4 Å². The molecule has 0 aliphatic rings. The average Bonchev–Trinajstić information content (AvgIpc) is 2.69. The van der Waals surface area contributed by atoms with Crippen molar-refractivity contribution in [3.8, 4) is 0 Å². The molecule has 0 saturated carbocycles. The quantitative estimate of drug-likeness (QED) is 0.371. The summed E-state index contributed by atoms with van der Waals surface area (Å²) in [6, 6.07) is 7.11. The number of aliphatic hydroxyl groups is 1. The van der Waals surface area contributed by atoms with Crippen LogP contribution in [0.2, 0.25) is 0 Å². The van der Waals surface area contributed by atoms with Gasteiger partial charge in [-0.15, -0.1) is 0 Å². The number of carbonyl (C=O) groups excluding carboxylic acids is 4. The fourth-order valence-electron chi connectivity index (χ4n) is 2.59. The van der Waals surface area contributed by atoms with Crippen LogP contribution in [0.1, 0.15) is 31.4 Å². The number of carbonyl (C=O) groups is 4. The molecule has 3 unspecified atom stereocenters. The Hall–Kier alpha value is -2.94. The molecule has 4 N–H and O–H groups in total. The van der Waals surface area contributed by atoms with Crippen LogP contribution in [0.5, 0.6) is 0 Å². The van der Waals surface area contributed by atoms with E-state index in [9.17, 15) is 24.3 Å². The standard InChI is InChI=1S/C19H28N4O5/c1-4-8-14(21-12-24)17(26)18(27)20-11-15(25)22-16(19(28)23(2)3)13-9-6-5-7-10-13/h5-7,9-10,12,14,16-17,26H,4,8,11H2,1-3H3,(H,20,27)(H,21,24)(H,22,25). The van der Waals surface area contributed by atoms with Crippen LogP contribution in [-0.2, 0) is 19.2 Å². The van der Waals surface area contributed by atoms with Crippen molar-refractivity contribution in [2.24, 2.45) is 0 Å². The second kappa shape index (κ2) is 11.7. The largest absolute Gasteiger partial charge is 0.381 e. The van der Waals surface area contributed by atoms with Gasteiger partial charge < -0.3 is 26.0 Å². The molecular weight excluding hydrogens is 364 g/mol. The lowest BCUT2D eigenvalue weighted by molar-refractivity contribution is -0.135. The molecule has 0 saturated heterocycles. The van der Waals surface area contributed by atoms with Crippen molar-refractivity contribution in [1.82, 2.24) is 20.9 Å². The lowest BCUT2D eigenvalue weighted by Gasteiger charge is -2.23. The van der Waals surface area contributed by atoms with Crippen molar-refractivity contribution in [3.05, 3.63) is 35.9 Å². The Morgan fingerprint density at radius 2 is 1.82 bits per heavy atom. The van der Waals surface area contributed by atoms with E-state index in [4.69, 9.17) is 0 Å². The van der Waals surface area contributed by atoms with Crippen LogP contribution in [0, 0.1) is 0 Å². The minimum atomic E-state index is -1.48. The third-order valence-corrected chi connectivity index (χ3v) is 4.08. The first-order valence-corrected chi connectivity index (χ1v) is 9.02. The normalized spacial score (nSPS) is 13.6. The van der Waals surface area contributed by atoms with Crippen LogP contribution in [0.25, 0.3) is 0 Å². The molecule has 0 aliphatic heterocycles. The Bertz CT molecular complexity index is 666. The number of aliphatic hydroxyl groups excluding tert-OH is 1. The Morgan fingerprint density at radius 3 is 2.36 bits per heavy atom. The van der Waals surface area contributed by atoms with Crippen molar-refractivity contribution >= 4 is 24.1 Å². The van der Waals surface area contributed by atoms with E-state index in [0.717, 1.165) is 0 Å². The molecule has 4 amide bonds. The predicted octanol–water partition coefficient (Wildman–Crippen LogP) is -0.676. The highest BCUT2D eigenvalue weighted by Crippen LogP contribution is 2.14. The maximum atomic E-state index is 12.4. The third kappa shape index (κ3) is 6.99. The molecule has 0 aromatic heterocycles. The second-order valence-corrected chi connectivity index (χ2v) is 6.49. The minimum absolute atomic E-state index is 0.316. The molecule has 1 aromatic carbocycles. The molecule has 0 heterocycles. The van der Waals surface area contributed by atoms with Crippen LogP contribution >= 0.6 is 0 Å². The number of amides is 4. The summed E-state index contributed by atoms with van der Waals surface area (Å²) in [4.78, 5) is 48.7. The van der Waals surface area contributed by atoms with E-state index in [-0.39, 0.29) is 5.91 Å².